The van der Waals surface area contributed by atoms with E-state index in [-0.39, 0.29) is 17.7 Å². The van der Waals surface area contributed by atoms with E-state index < -0.39 is 27.2 Å². The highest BCUT2D eigenvalue weighted by atomic mass is 32.2. The number of nitrogens with one attached hydrogen (secondary N) is 1. The highest BCUT2D eigenvalue weighted by Gasteiger charge is 2.29. The summed E-state index contributed by atoms with van der Waals surface area (Å²) in [7, 11) is -3.79. The first kappa shape index (κ1) is 17.9. The molecule has 5 nitrogen and oxygen atoms in total. The molecule has 1 aromatic rings. The summed E-state index contributed by atoms with van der Waals surface area (Å²) in [6.45, 7) is -0.0606. The number of hydrogen-bond donors (Lipinski definition) is 2. The Hall–Kier alpha value is -1.49. The zero-order chi connectivity index (χ0) is 16.9. The molecule has 0 bridgehead atoms. The fraction of sp³-hybridized carbons (Fsp3) is 0.562. The maximum Gasteiger partial charge on any atom is 0.215 e. The van der Waals surface area contributed by atoms with Crippen LogP contribution in [0.4, 0.5) is 4.39 Å². The lowest BCUT2D eigenvalue weighted by atomic mass is 9.95. The zero-order valence-electron chi connectivity index (χ0n) is 12.9. The van der Waals surface area contributed by atoms with Gasteiger partial charge >= 0.3 is 0 Å². The van der Waals surface area contributed by atoms with Crippen molar-refractivity contribution in [3.63, 3.8) is 0 Å². The maximum atomic E-state index is 13.7. The van der Waals surface area contributed by atoms with Crippen molar-refractivity contribution in [2.75, 3.05) is 6.54 Å². The molecule has 1 aliphatic carbocycles. The zero-order valence-corrected chi connectivity index (χ0v) is 13.7. The third-order valence-corrected chi connectivity index (χ3v) is 5.45. The molecule has 7 heteroatoms. The Morgan fingerprint density at radius 2 is 1.91 bits per heavy atom. The van der Waals surface area contributed by atoms with Crippen molar-refractivity contribution in [2.24, 2.45) is 0 Å². The number of sulfonamides is 1. The molecule has 1 aliphatic rings. The van der Waals surface area contributed by atoms with Crippen LogP contribution in [0.25, 0.3) is 0 Å². The monoisotopic (exact) mass is 340 g/mol. The predicted molar refractivity (Wildman–Crippen MR) is 84.4 cm³/mol. The molecule has 0 radical (unpaired) electrons. The first-order valence-electron chi connectivity index (χ1n) is 7.72. The van der Waals surface area contributed by atoms with Crippen LogP contribution in [0.1, 0.15) is 49.7 Å². The molecule has 1 saturated carbocycles. The molecular formula is C16H21FN2O3S. The molecule has 2 rings (SSSR count). The second-order valence-electron chi connectivity index (χ2n) is 6.14. The summed E-state index contributed by atoms with van der Waals surface area (Å²) in [6, 6.07) is 5.47. The summed E-state index contributed by atoms with van der Waals surface area (Å²) in [6.07, 6.45) is 4.96. The number of benzene rings is 1. The molecule has 0 aromatic heterocycles. The van der Waals surface area contributed by atoms with Crippen molar-refractivity contribution in [1.82, 2.24) is 4.72 Å². The SMILES string of the molecule is N#Cc1ccc(F)c(CS(=O)(=O)NCC2(O)CCCCCC2)c1. The van der Waals surface area contributed by atoms with Crippen molar-refractivity contribution in [2.45, 2.75) is 49.9 Å². The maximum absolute atomic E-state index is 13.7. The first-order chi connectivity index (χ1) is 10.8. The van der Waals surface area contributed by atoms with Gasteiger partial charge in [0.2, 0.25) is 10.0 Å². The number of aliphatic hydroxyl groups is 1. The summed E-state index contributed by atoms with van der Waals surface area (Å²) in [5, 5.41) is 19.3. The van der Waals surface area contributed by atoms with E-state index in [4.69, 9.17) is 5.26 Å². The van der Waals surface area contributed by atoms with Gasteiger partial charge < -0.3 is 5.11 Å². The van der Waals surface area contributed by atoms with Gasteiger partial charge in [-0.25, -0.2) is 17.5 Å². The topological polar surface area (TPSA) is 90.2 Å². The second-order valence-corrected chi connectivity index (χ2v) is 7.94. The molecule has 0 amide bonds. The van der Waals surface area contributed by atoms with E-state index in [0.29, 0.717) is 12.8 Å². The Bertz CT molecular complexity index is 690. The van der Waals surface area contributed by atoms with Crippen LogP contribution in [0.15, 0.2) is 18.2 Å². The lowest BCUT2D eigenvalue weighted by molar-refractivity contribution is 0.0303. The van der Waals surface area contributed by atoms with Gasteiger partial charge in [-0.05, 0) is 31.0 Å². The van der Waals surface area contributed by atoms with Gasteiger partial charge in [-0.1, -0.05) is 25.7 Å². The molecule has 2 N–H and O–H groups in total. The van der Waals surface area contributed by atoms with Gasteiger partial charge in [0.05, 0.1) is 23.0 Å². The van der Waals surface area contributed by atoms with E-state index in [1.807, 2.05) is 6.07 Å². The van der Waals surface area contributed by atoms with Gasteiger partial charge in [0.25, 0.3) is 0 Å². The van der Waals surface area contributed by atoms with E-state index in [2.05, 4.69) is 4.72 Å². The van der Waals surface area contributed by atoms with E-state index in [1.54, 1.807) is 0 Å². The molecule has 0 saturated heterocycles. The Labute approximate surface area is 136 Å². The lowest BCUT2D eigenvalue weighted by Gasteiger charge is -2.26. The summed E-state index contributed by atoms with van der Waals surface area (Å²) >= 11 is 0. The minimum Gasteiger partial charge on any atom is -0.389 e. The smallest absolute Gasteiger partial charge is 0.215 e. The van der Waals surface area contributed by atoms with Crippen molar-refractivity contribution in [1.29, 1.82) is 5.26 Å². The van der Waals surface area contributed by atoms with Crippen LogP contribution in [-0.4, -0.2) is 25.7 Å². The number of hydrogen-bond acceptors (Lipinski definition) is 4. The average molecular weight is 340 g/mol. The molecule has 1 aromatic carbocycles. The van der Waals surface area contributed by atoms with Crippen molar-refractivity contribution >= 4 is 10.0 Å². The molecule has 0 heterocycles. The van der Waals surface area contributed by atoms with Gasteiger partial charge in [-0.2, -0.15) is 5.26 Å². The summed E-state index contributed by atoms with van der Waals surface area (Å²) < 4.78 is 40.4. The van der Waals surface area contributed by atoms with E-state index in [1.165, 1.54) is 12.1 Å². The molecule has 0 spiro atoms. The fourth-order valence-electron chi connectivity index (χ4n) is 2.82. The highest BCUT2D eigenvalue weighted by Crippen LogP contribution is 2.26. The van der Waals surface area contributed by atoms with E-state index in [9.17, 15) is 17.9 Å². The quantitative estimate of drug-likeness (QED) is 0.804. The molecule has 23 heavy (non-hydrogen) atoms. The van der Waals surface area contributed by atoms with Crippen LogP contribution in [0.3, 0.4) is 0 Å². The van der Waals surface area contributed by atoms with Crippen LogP contribution in [0.5, 0.6) is 0 Å². The van der Waals surface area contributed by atoms with Crippen molar-refractivity contribution in [3.8, 4) is 6.07 Å². The number of halogens is 1. The van der Waals surface area contributed by atoms with Gasteiger partial charge in [0.1, 0.15) is 5.82 Å². The highest BCUT2D eigenvalue weighted by molar-refractivity contribution is 7.88. The molecule has 0 unspecified atom stereocenters. The lowest BCUT2D eigenvalue weighted by Crippen LogP contribution is -2.42. The van der Waals surface area contributed by atoms with Gasteiger partial charge in [-0.15, -0.1) is 0 Å². The largest absolute Gasteiger partial charge is 0.389 e. The second kappa shape index (κ2) is 7.39. The number of rotatable bonds is 5. The van der Waals surface area contributed by atoms with Crippen LogP contribution in [0, 0.1) is 17.1 Å². The van der Waals surface area contributed by atoms with E-state index >= 15 is 0 Å². The number of nitriles is 1. The Balaban J connectivity index is 2.03. The third kappa shape index (κ3) is 5.27. The third-order valence-electron chi connectivity index (χ3n) is 4.18. The standard InChI is InChI=1S/C16H21FN2O3S/c17-15-6-5-13(10-18)9-14(15)11-23(21,22)19-12-16(20)7-3-1-2-4-8-16/h5-6,9,19-20H,1-4,7-8,11-12H2. The molecule has 0 aliphatic heterocycles. The van der Waals surface area contributed by atoms with Gasteiger partial charge in [-0.3, -0.25) is 0 Å². The molecular weight excluding hydrogens is 319 g/mol. The average Bonchev–Trinajstić information content (AvgIpc) is 2.73. The van der Waals surface area contributed by atoms with E-state index in [0.717, 1.165) is 31.7 Å². The van der Waals surface area contributed by atoms with Gasteiger partial charge in [0, 0.05) is 12.1 Å². The normalized spacial score (nSPS) is 18.1. The van der Waals surface area contributed by atoms with Crippen LogP contribution in [0.2, 0.25) is 0 Å². The van der Waals surface area contributed by atoms with Crippen LogP contribution < -0.4 is 4.72 Å². The van der Waals surface area contributed by atoms with Gasteiger partial charge in [0.15, 0.2) is 0 Å². The summed E-state index contributed by atoms with van der Waals surface area (Å²) in [5.74, 6) is -1.22. The first-order valence-corrected chi connectivity index (χ1v) is 9.37. The van der Waals surface area contributed by atoms with Crippen LogP contribution in [-0.2, 0) is 15.8 Å². The fourth-order valence-corrected chi connectivity index (χ4v) is 4.04. The number of nitrogens with zero attached hydrogens (tertiary/aromatic N) is 1. The summed E-state index contributed by atoms with van der Waals surface area (Å²) in [5.41, 5.74) is -0.875. The summed E-state index contributed by atoms with van der Waals surface area (Å²) in [4.78, 5) is 0. The Morgan fingerprint density at radius 3 is 2.52 bits per heavy atom. The minimum atomic E-state index is -3.79. The molecule has 126 valence electrons. The van der Waals surface area contributed by atoms with Crippen molar-refractivity contribution < 1.29 is 17.9 Å². The molecule has 0 atom stereocenters. The van der Waals surface area contributed by atoms with Crippen LogP contribution >= 0.6 is 0 Å². The van der Waals surface area contributed by atoms with Crippen molar-refractivity contribution in [3.05, 3.63) is 35.1 Å². The minimum absolute atomic E-state index is 0.0515. The Kier molecular flexibility index (Phi) is 5.74. The predicted octanol–water partition coefficient (Wildman–Crippen LogP) is 2.20. The molecule has 1 fully saturated rings. The Morgan fingerprint density at radius 1 is 1.26 bits per heavy atom.